The molecule has 2 amide bonds. The summed E-state index contributed by atoms with van der Waals surface area (Å²) in [5.41, 5.74) is 0.690. The van der Waals surface area contributed by atoms with E-state index < -0.39 is 11.7 Å². The van der Waals surface area contributed by atoms with Crippen LogP contribution in [0.4, 0.5) is 4.79 Å². The number of hydrogen-bond donors (Lipinski definition) is 1. The Hall–Kier alpha value is -2.08. The number of nitrogens with zero attached hydrogens (tertiary/aromatic N) is 2. The van der Waals surface area contributed by atoms with E-state index in [1.807, 2.05) is 43.9 Å². The van der Waals surface area contributed by atoms with Gasteiger partial charge in [0.2, 0.25) is 5.91 Å². The molecule has 2 aliphatic rings. The Bertz CT molecular complexity index is 686. The molecule has 154 valence electrons. The second-order valence-electron chi connectivity index (χ2n) is 9.19. The maximum absolute atomic E-state index is 12.6. The number of piperidine rings is 1. The van der Waals surface area contributed by atoms with E-state index >= 15 is 0 Å². The largest absolute Gasteiger partial charge is 0.444 e. The van der Waals surface area contributed by atoms with Crippen molar-refractivity contribution in [1.82, 2.24) is 15.1 Å². The topological polar surface area (TPSA) is 61.9 Å². The van der Waals surface area contributed by atoms with Crippen molar-refractivity contribution in [3.63, 3.8) is 0 Å². The monoisotopic (exact) mass is 387 g/mol. The molecule has 3 rings (SSSR count). The van der Waals surface area contributed by atoms with Crippen LogP contribution in [-0.4, -0.2) is 59.1 Å². The first-order valence-corrected chi connectivity index (χ1v) is 10.3. The summed E-state index contributed by atoms with van der Waals surface area (Å²) in [4.78, 5) is 29.3. The van der Waals surface area contributed by atoms with Gasteiger partial charge in [-0.1, -0.05) is 37.3 Å². The Morgan fingerprint density at radius 2 is 1.89 bits per heavy atom. The molecule has 1 aromatic carbocycles. The lowest BCUT2D eigenvalue weighted by atomic mass is 9.97. The average molecular weight is 388 g/mol. The predicted octanol–water partition coefficient (Wildman–Crippen LogP) is 3.02. The first-order valence-electron chi connectivity index (χ1n) is 10.3. The number of alkyl carbamates (subject to hydrolysis) is 1. The number of benzene rings is 1. The minimum Gasteiger partial charge on any atom is -0.444 e. The lowest BCUT2D eigenvalue weighted by molar-refractivity contribution is -0.137. The third-order valence-electron chi connectivity index (χ3n) is 5.40. The molecule has 0 bridgehead atoms. The zero-order valence-electron chi connectivity index (χ0n) is 17.5. The second-order valence-corrected chi connectivity index (χ2v) is 9.19. The van der Waals surface area contributed by atoms with Gasteiger partial charge in [-0.25, -0.2) is 4.79 Å². The fourth-order valence-electron chi connectivity index (χ4n) is 4.12. The first kappa shape index (κ1) is 20.6. The molecule has 6 nitrogen and oxygen atoms in total. The van der Waals surface area contributed by atoms with Gasteiger partial charge >= 0.3 is 6.09 Å². The summed E-state index contributed by atoms with van der Waals surface area (Å²) < 4.78 is 5.46. The number of hydrogen-bond acceptors (Lipinski definition) is 4. The molecule has 2 saturated heterocycles. The molecule has 0 aliphatic carbocycles. The van der Waals surface area contributed by atoms with E-state index in [1.165, 1.54) is 5.56 Å². The highest BCUT2D eigenvalue weighted by atomic mass is 16.6. The fraction of sp³-hybridized carbons (Fsp3) is 0.636. The molecule has 1 N–H and O–H groups in total. The Morgan fingerprint density at radius 1 is 1.18 bits per heavy atom. The van der Waals surface area contributed by atoms with Gasteiger partial charge in [0.25, 0.3) is 0 Å². The van der Waals surface area contributed by atoms with Gasteiger partial charge in [-0.15, -0.1) is 0 Å². The Balaban J connectivity index is 1.72. The van der Waals surface area contributed by atoms with Gasteiger partial charge in [0.05, 0.1) is 12.1 Å². The highest BCUT2D eigenvalue weighted by Crippen LogP contribution is 2.25. The Labute approximate surface area is 168 Å². The van der Waals surface area contributed by atoms with E-state index in [9.17, 15) is 9.59 Å². The summed E-state index contributed by atoms with van der Waals surface area (Å²) in [6.45, 7) is 10.8. The number of rotatable bonds is 4. The van der Waals surface area contributed by atoms with Crippen LogP contribution in [0.5, 0.6) is 0 Å². The van der Waals surface area contributed by atoms with Gasteiger partial charge < -0.3 is 15.0 Å². The molecule has 0 saturated carbocycles. The van der Waals surface area contributed by atoms with Crippen molar-refractivity contribution < 1.29 is 14.3 Å². The van der Waals surface area contributed by atoms with Crippen molar-refractivity contribution in [2.45, 2.75) is 64.8 Å². The van der Waals surface area contributed by atoms with Gasteiger partial charge in [0.1, 0.15) is 5.60 Å². The first-order chi connectivity index (χ1) is 13.2. The predicted molar refractivity (Wildman–Crippen MR) is 109 cm³/mol. The van der Waals surface area contributed by atoms with Crippen LogP contribution in [0.25, 0.3) is 0 Å². The van der Waals surface area contributed by atoms with Crippen LogP contribution in [0.15, 0.2) is 30.3 Å². The van der Waals surface area contributed by atoms with E-state index in [-0.39, 0.29) is 18.0 Å². The summed E-state index contributed by atoms with van der Waals surface area (Å²) in [5, 5.41) is 3.04. The zero-order chi connectivity index (χ0) is 20.3. The lowest BCUT2D eigenvalue weighted by Gasteiger charge is -2.38. The highest BCUT2D eigenvalue weighted by molar-refractivity contribution is 5.77. The normalized spacial score (nSPS) is 26.4. The number of amides is 2. The number of carbonyl (C=O) groups is 2. The van der Waals surface area contributed by atoms with Crippen molar-refractivity contribution in [2.24, 2.45) is 5.92 Å². The third kappa shape index (κ3) is 5.47. The SMILES string of the molecule is CC1CCC(=O)N([C@H]2CN(Cc3ccccc3)C[C@@H]2NC(=O)OC(C)(C)C)C1. The average Bonchev–Trinajstić information content (AvgIpc) is 2.98. The molecule has 2 fully saturated rings. The standard InChI is InChI=1S/C22H33N3O3/c1-16-10-11-20(26)25(12-16)19-15-24(13-17-8-6-5-7-9-17)14-18(19)23-21(27)28-22(2,3)4/h5-9,16,18-19H,10-15H2,1-4H3,(H,23,27)/t16?,18-,19-/m0/s1. The van der Waals surface area contributed by atoms with Crippen LogP contribution in [0.1, 0.15) is 46.1 Å². The van der Waals surface area contributed by atoms with Crippen molar-refractivity contribution in [2.75, 3.05) is 19.6 Å². The van der Waals surface area contributed by atoms with E-state index in [1.54, 1.807) is 0 Å². The van der Waals surface area contributed by atoms with Crippen molar-refractivity contribution in [3.8, 4) is 0 Å². The molecular formula is C22H33N3O3. The smallest absolute Gasteiger partial charge is 0.407 e. The summed E-state index contributed by atoms with van der Waals surface area (Å²) in [5.74, 6) is 0.684. The van der Waals surface area contributed by atoms with Gasteiger partial charge in [0, 0.05) is 32.6 Å². The molecule has 0 spiro atoms. The molecule has 6 heteroatoms. The third-order valence-corrected chi connectivity index (χ3v) is 5.40. The highest BCUT2D eigenvalue weighted by Gasteiger charge is 2.41. The lowest BCUT2D eigenvalue weighted by Crippen LogP contribution is -2.56. The number of nitrogens with one attached hydrogen (secondary N) is 1. The minimum absolute atomic E-state index is 0.0218. The molecule has 1 unspecified atom stereocenters. The molecule has 1 aromatic rings. The van der Waals surface area contributed by atoms with E-state index in [2.05, 4.69) is 29.3 Å². The van der Waals surface area contributed by atoms with Crippen LogP contribution < -0.4 is 5.32 Å². The van der Waals surface area contributed by atoms with Crippen LogP contribution in [-0.2, 0) is 16.1 Å². The van der Waals surface area contributed by atoms with Gasteiger partial charge in [-0.3, -0.25) is 9.69 Å². The maximum atomic E-state index is 12.6. The Morgan fingerprint density at radius 3 is 2.57 bits per heavy atom. The van der Waals surface area contributed by atoms with Crippen LogP contribution >= 0.6 is 0 Å². The number of carbonyl (C=O) groups excluding carboxylic acids is 2. The molecule has 2 heterocycles. The van der Waals surface area contributed by atoms with Gasteiger partial charge in [-0.2, -0.15) is 0 Å². The minimum atomic E-state index is -0.544. The number of ether oxygens (including phenoxy) is 1. The van der Waals surface area contributed by atoms with Crippen molar-refractivity contribution in [3.05, 3.63) is 35.9 Å². The molecule has 0 radical (unpaired) electrons. The summed E-state index contributed by atoms with van der Waals surface area (Å²) >= 11 is 0. The molecular weight excluding hydrogens is 354 g/mol. The second kappa shape index (κ2) is 8.52. The Kier molecular flexibility index (Phi) is 6.28. The number of likely N-dealkylation sites (tertiary alicyclic amines) is 2. The van der Waals surface area contributed by atoms with E-state index in [4.69, 9.17) is 4.74 Å². The van der Waals surface area contributed by atoms with Crippen LogP contribution in [0.2, 0.25) is 0 Å². The summed E-state index contributed by atoms with van der Waals surface area (Å²) in [6.07, 6.45) is 1.12. The van der Waals surface area contributed by atoms with Gasteiger partial charge in [0.15, 0.2) is 0 Å². The van der Waals surface area contributed by atoms with E-state index in [0.29, 0.717) is 18.9 Å². The fourth-order valence-corrected chi connectivity index (χ4v) is 4.12. The van der Waals surface area contributed by atoms with Crippen molar-refractivity contribution in [1.29, 1.82) is 0 Å². The van der Waals surface area contributed by atoms with Crippen LogP contribution in [0.3, 0.4) is 0 Å². The maximum Gasteiger partial charge on any atom is 0.407 e. The van der Waals surface area contributed by atoms with Gasteiger partial charge in [-0.05, 0) is 38.7 Å². The van der Waals surface area contributed by atoms with Crippen molar-refractivity contribution >= 4 is 12.0 Å². The molecule has 3 atom stereocenters. The molecule has 28 heavy (non-hydrogen) atoms. The molecule has 0 aromatic heterocycles. The van der Waals surface area contributed by atoms with Crippen LogP contribution in [0, 0.1) is 5.92 Å². The summed E-state index contributed by atoms with van der Waals surface area (Å²) in [7, 11) is 0. The molecule has 2 aliphatic heterocycles. The summed E-state index contributed by atoms with van der Waals surface area (Å²) in [6, 6.07) is 10.1. The quantitative estimate of drug-likeness (QED) is 0.863. The zero-order valence-corrected chi connectivity index (χ0v) is 17.5. The van der Waals surface area contributed by atoms with E-state index in [0.717, 1.165) is 26.1 Å².